The van der Waals surface area contributed by atoms with E-state index >= 15 is 0 Å². The first kappa shape index (κ1) is 18.6. The topological polar surface area (TPSA) is 72.9 Å². The molecular formula is C19H26FN3O3. The average Bonchev–Trinajstić information content (AvgIpc) is 3.07. The summed E-state index contributed by atoms with van der Waals surface area (Å²) < 4.78 is 13.3. The molecule has 3 rings (SSSR count). The molecule has 0 saturated carbocycles. The largest absolute Gasteiger partial charge is 0.465 e. The zero-order valence-corrected chi connectivity index (χ0v) is 15.0. The highest BCUT2D eigenvalue weighted by Gasteiger charge is 2.42. The summed E-state index contributed by atoms with van der Waals surface area (Å²) in [6.07, 6.45) is 0.649. The van der Waals surface area contributed by atoms with Crippen LogP contribution in [-0.2, 0) is 4.79 Å². The van der Waals surface area contributed by atoms with Gasteiger partial charge in [0.15, 0.2) is 0 Å². The highest BCUT2D eigenvalue weighted by atomic mass is 19.1. The Balaban J connectivity index is 1.83. The van der Waals surface area contributed by atoms with Crippen molar-refractivity contribution >= 4 is 12.0 Å². The van der Waals surface area contributed by atoms with Crippen LogP contribution in [0.5, 0.6) is 0 Å². The van der Waals surface area contributed by atoms with Crippen molar-refractivity contribution in [3.8, 4) is 0 Å². The van der Waals surface area contributed by atoms with Gasteiger partial charge in [-0.05, 0) is 50.6 Å². The molecule has 2 aliphatic rings. The minimum atomic E-state index is -0.985. The van der Waals surface area contributed by atoms with Crippen LogP contribution >= 0.6 is 0 Å². The Bertz CT molecular complexity index is 646. The van der Waals surface area contributed by atoms with Gasteiger partial charge in [0.2, 0.25) is 5.91 Å². The highest BCUT2D eigenvalue weighted by molar-refractivity contribution is 5.79. The number of carbonyl (C=O) groups is 2. The number of nitrogens with zero attached hydrogens (tertiary/aromatic N) is 2. The van der Waals surface area contributed by atoms with Gasteiger partial charge < -0.3 is 20.2 Å². The standard InChI is InChI=1S/C19H26FN3O3/c1-2-23(19(25)26)17-12-22(18(24)14-7-9-21-10-8-14)11-16(17)13-3-5-15(20)6-4-13/h3-6,14,16-17,21H,2,7-12H2,1H3,(H,25,26)/t16-,17+/m0/s1. The minimum absolute atomic E-state index is 0.00349. The van der Waals surface area contributed by atoms with Crippen molar-refractivity contribution in [3.63, 3.8) is 0 Å². The molecule has 1 aromatic carbocycles. The van der Waals surface area contributed by atoms with Crippen LogP contribution in [0.1, 0.15) is 31.2 Å². The molecule has 2 aliphatic heterocycles. The average molecular weight is 363 g/mol. The van der Waals surface area contributed by atoms with Gasteiger partial charge in [-0.2, -0.15) is 0 Å². The highest BCUT2D eigenvalue weighted by Crippen LogP contribution is 2.33. The minimum Gasteiger partial charge on any atom is -0.465 e. The van der Waals surface area contributed by atoms with Crippen LogP contribution in [0.15, 0.2) is 24.3 Å². The fourth-order valence-corrected chi connectivity index (χ4v) is 4.16. The second-order valence-electron chi connectivity index (χ2n) is 7.06. The molecule has 0 aromatic heterocycles. The van der Waals surface area contributed by atoms with Crippen LogP contribution in [0.4, 0.5) is 9.18 Å². The molecule has 0 unspecified atom stereocenters. The monoisotopic (exact) mass is 363 g/mol. The maximum atomic E-state index is 13.3. The first-order valence-corrected chi connectivity index (χ1v) is 9.25. The number of rotatable bonds is 4. The number of hydrogen-bond donors (Lipinski definition) is 2. The van der Waals surface area contributed by atoms with E-state index in [1.165, 1.54) is 17.0 Å². The van der Waals surface area contributed by atoms with Crippen molar-refractivity contribution in [3.05, 3.63) is 35.6 Å². The normalized spacial score (nSPS) is 23.8. The van der Waals surface area contributed by atoms with E-state index in [1.807, 2.05) is 0 Å². The summed E-state index contributed by atoms with van der Waals surface area (Å²) in [6.45, 7) is 4.70. The van der Waals surface area contributed by atoms with E-state index in [4.69, 9.17) is 0 Å². The quantitative estimate of drug-likeness (QED) is 0.859. The molecule has 2 heterocycles. The summed E-state index contributed by atoms with van der Waals surface area (Å²) in [4.78, 5) is 27.8. The van der Waals surface area contributed by atoms with Gasteiger partial charge in [0.1, 0.15) is 5.82 Å². The Morgan fingerprint density at radius 3 is 2.46 bits per heavy atom. The fraction of sp³-hybridized carbons (Fsp3) is 0.579. The molecule has 6 nitrogen and oxygen atoms in total. The SMILES string of the molecule is CCN(C(=O)O)[C@@H]1CN(C(=O)C2CCNCC2)C[C@H]1c1ccc(F)cc1. The van der Waals surface area contributed by atoms with Crippen LogP contribution < -0.4 is 5.32 Å². The van der Waals surface area contributed by atoms with Gasteiger partial charge >= 0.3 is 6.09 Å². The van der Waals surface area contributed by atoms with Gasteiger partial charge in [-0.3, -0.25) is 4.79 Å². The van der Waals surface area contributed by atoms with Crippen molar-refractivity contribution < 1.29 is 19.1 Å². The van der Waals surface area contributed by atoms with Gasteiger partial charge in [-0.15, -0.1) is 0 Å². The molecule has 2 fully saturated rings. The van der Waals surface area contributed by atoms with E-state index < -0.39 is 6.09 Å². The molecule has 0 radical (unpaired) electrons. The van der Waals surface area contributed by atoms with Crippen LogP contribution in [-0.4, -0.2) is 65.7 Å². The van der Waals surface area contributed by atoms with E-state index in [0.29, 0.717) is 19.6 Å². The third-order valence-electron chi connectivity index (χ3n) is 5.57. The smallest absolute Gasteiger partial charge is 0.407 e. The van der Waals surface area contributed by atoms with E-state index in [-0.39, 0.29) is 29.6 Å². The Labute approximate surface area is 153 Å². The lowest BCUT2D eigenvalue weighted by Crippen LogP contribution is -2.45. The van der Waals surface area contributed by atoms with E-state index in [2.05, 4.69) is 5.32 Å². The predicted octanol–water partition coefficient (Wildman–Crippen LogP) is 2.12. The molecule has 1 aromatic rings. The van der Waals surface area contributed by atoms with Gasteiger partial charge in [0.25, 0.3) is 0 Å². The lowest BCUT2D eigenvalue weighted by molar-refractivity contribution is -0.135. The van der Waals surface area contributed by atoms with Gasteiger partial charge in [-0.1, -0.05) is 12.1 Å². The van der Waals surface area contributed by atoms with Crippen LogP contribution in [0, 0.1) is 11.7 Å². The summed E-state index contributed by atoms with van der Waals surface area (Å²) in [7, 11) is 0. The third kappa shape index (κ3) is 3.82. The van der Waals surface area contributed by atoms with Gasteiger partial charge in [0, 0.05) is 31.5 Å². The number of piperidine rings is 1. The zero-order valence-electron chi connectivity index (χ0n) is 15.0. The second kappa shape index (κ2) is 8.03. The van der Waals surface area contributed by atoms with Gasteiger partial charge in [-0.25, -0.2) is 9.18 Å². The van der Waals surface area contributed by atoms with E-state index in [0.717, 1.165) is 31.5 Å². The second-order valence-corrected chi connectivity index (χ2v) is 7.06. The molecule has 26 heavy (non-hydrogen) atoms. The number of halogens is 1. The molecule has 2 saturated heterocycles. The third-order valence-corrected chi connectivity index (χ3v) is 5.57. The lowest BCUT2D eigenvalue weighted by atomic mass is 9.93. The van der Waals surface area contributed by atoms with Crippen molar-refractivity contribution in [1.82, 2.24) is 15.1 Å². The lowest BCUT2D eigenvalue weighted by Gasteiger charge is -2.29. The Morgan fingerprint density at radius 2 is 1.88 bits per heavy atom. The summed E-state index contributed by atoms with van der Waals surface area (Å²) >= 11 is 0. The first-order valence-electron chi connectivity index (χ1n) is 9.25. The van der Waals surface area contributed by atoms with Gasteiger partial charge in [0.05, 0.1) is 6.04 Å². The molecule has 2 N–H and O–H groups in total. The fourth-order valence-electron chi connectivity index (χ4n) is 4.16. The molecule has 2 amide bonds. The van der Waals surface area contributed by atoms with E-state index in [1.54, 1.807) is 24.0 Å². The molecule has 142 valence electrons. The zero-order chi connectivity index (χ0) is 18.7. The van der Waals surface area contributed by atoms with Crippen molar-refractivity contribution in [1.29, 1.82) is 0 Å². The van der Waals surface area contributed by atoms with Crippen molar-refractivity contribution in [2.75, 3.05) is 32.7 Å². The Hall–Kier alpha value is -2.15. The number of benzene rings is 1. The number of carboxylic acid groups (broad SMARTS) is 1. The summed E-state index contributed by atoms with van der Waals surface area (Å²) in [5, 5.41) is 12.8. The molecule has 7 heteroatoms. The maximum Gasteiger partial charge on any atom is 0.407 e. The molecule has 2 atom stereocenters. The number of amides is 2. The Morgan fingerprint density at radius 1 is 1.23 bits per heavy atom. The number of hydrogen-bond acceptors (Lipinski definition) is 3. The van der Waals surface area contributed by atoms with Crippen molar-refractivity contribution in [2.45, 2.75) is 31.7 Å². The van der Waals surface area contributed by atoms with Crippen molar-refractivity contribution in [2.24, 2.45) is 5.92 Å². The summed E-state index contributed by atoms with van der Waals surface area (Å²) in [5.41, 5.74) is 0.872. The predicted molar refractivity (Wildman–Crippen MR) is 95.5 cm³/mol. The number of likely N-dealkylation sites (tertiary alicyclic amines) is 1. The van der Waals surface area contributed by atoms with Crippen LogP contribution in [0.3, 0.4) is 0 Å². The number of carbonyl (C=O) groups excluding carboxylic acids is 1. The molecule has 0 bridgehead atoms. The van der Waals surface area contributed by atoms with E-state index in [9.17, 15) is 19.1 Å². The number of likely N-dealkylation sites (N-methyl/N-ethyl adjacent to an activating group) is 1. The maximum absolute atomic E-state index is 13.3. The summed E-state index contributed by atoms with van der Waals surface area (Å²) in [6, 6.07) is 5.86. The molecular weight excluding hydrogens is 337 g/mol. The summed E-state index contributed by atoms with van der Waals surface area (Å²) in [5.74, 6) is -0.347. The molecule has 0 spiro atoms. The van der Waals surface area contributed by atoms with Crippen LogP contribution in [0.25, 0.3) is 0 Å². The Kier molecular flexibility index (Phi) is 5.76. The number of nitrogens with one attached hydrogen (secondary N) is 1. The van der Waals surface area contributed by atoms with Crippen LogP contribution in [0.2, 0.25) is 0 Å². The molecule has 0 aliphatic carbocycles. The first-order chi connectivity index (χ1) is 12.5.